The van der Waals surface area contributed by atoms with Crippen LogP contribution in [-0.2, 0) is 0 Å². The van der Waals surface area contributed by atoms with Crippen LogP contribution in [0.3, 0.4) is 0 Å². The molecule has 1 aliphatic rings. The first kappa shape index (κ1) is 9.49. The van der Waals surface area contributed by atoms with E-state index in [1.54, 1.807) is 0 Å². The van der Waals surface area contributed by atoms with Crippen molar-refractivity contribution >= 4 is 0 Å². The molecule has 0 aromatic carbocycles. The van der Waals surface area contributed by atoms with Gasteiger partial charge in [-0.05, 0) is 12.3 Å². The highest BCUT2D eigenvalue weighted by Gasteiger charge is 2.27. The lowest BCUT2D eigenvalue weighted by molar-refractivity contribution is -0.526. The second-order valence-corrected chi connectivity index (χ2v) is 3.76. The third-order valence-electron chi connectivity index (χ3n) is 2.75. The fourth-order valence-electron chi connectivity index (χ4n) is 1.76. The number of nitrogens with zero attached hydrogens (tertiary/aromatic N) is 1. The fraction of sp³-hybridized carbons (Fsp3) is 1.00. The lowest BCUT2D eigenvalue weighted by Crippen LogP contribution is -2.25. The maximum atomic E-state index is 10.6. The molecule has 1 unspecified atom stereocenters. The highest BCUT2D eigenvalue weighted by Crippen LogP contribution is 2.31. The van der Waals surface area contributed by atoms with Crippen LogP contribution in [0.25, 0.3) is 0 Å². The molecule has 0 aromatic rings. The minimum atomic E-state index is -0.264. The van der Waals surface area contributed by atoms with Gasteiger partial charge in [0, 0.05) is 17.8 Å². The highest BCUT2D eigenvalue weighted by molar-refractivity contribution is 4.73. The molecule has 1 aliphatic carbocycles. The van der Waals surface area contributed by atoms with E-state index in [4.69, 9.17) is 0 Å². The fourth-order valence-corrected chi connectivity index (χ4v) is 1.76. The molecule has 0 bridgehead atoms. The molecule has 0 heterocycles. The molecule has 70 valence electrons. The van der Waals surface area contributed by atoms with Gasteiger partial charge in [0.1, 0.15) is 0 Å². The van der Waals surface area contributed by atoms with E-state index in [-0.39, 0.29) is 11.0 Å². The summed E-state index contributed by atoms with van der Waals surface area (Å²) in [4.78, 5) is 10.5. The number of hydrogen-bond acceptors (Lipinski definition) is 2. The van der Waals surface area contributed by atoms with Crippen LogP contribution in [0.5, 0.6) is 0 Å². The monoisotopic (exact) mass is 171 g/mol. The Labute approximate surface area is 73.3 Å². The van der Waals surface area contributed by atoms with E-state index < -0.39 is 0 Å². The van der Waals surface area contributed by atoms with Gasteiger partial charge < -0.3 is 0 Å². The van der Waals surface area contributed by atoms with Crippen LogP contribution in [0.4, 0.5) is 0 Å². The molecule has 1 atom stereocenters. The van der Waals surface area contributed by atoms with Crippen LogP contribution < -0.4 is 0 Å². The summed E-state index contributed by atoms with van der Waals surface area (Å²) in [5.74, 6) is 0.659. The molecule has 1 saturated carbocycles. The van der Waals surface area contributed by atoms with Gasteiger partial charge in [-0.1, -0.05) is 26.2 Å². The first-order chi connectivity index (χ1) is 5.74. The molecule has 0 radical (unpaired) electrons. The summed E-state index contributed by atoms with van der Waals surface area (Å²) in [6.45, 7) is 2.01. The van der Waals surface area contributed by atoms with Crippen LogP contribution in [0.1, 0.15) is 45.4 Å². The molecular weight excluding hydrogens is 154 g/mol. The number of hydrogen-bond donors (Lipinski definition) is 0. The Kier molecular flexibility index (Phi) is 3.50. The van der Waals surface area contributed by atoms with Crippen molar-refractivity contribution in [2.45, 2.75) is 51.5 Å². The van der Waals surface area contributed by atoms with E-state index in [0.29, 0.717) is 5.92 Å². The largest absolute Gasteiger partial charge is 0.264 e. The molecule has 0 amide bonds. The highest BCUT2D eigenvalue weighted by atomic mass is 16.6. The predicted molar refractivity (Wildman–Crippen MR) is 47.6 cm³/mol. The lowest BCUT2D eigenvalue weighted by atomic mass is 9.80. The standard InChI is InChI=1S/C9H17NO2/c1-2-4-9(10(11)12)7-8-5-3-6-8/h8-9H,2-7H2,1H3. The maximum absolute atomic E-state index is 10.6. The molecule has 0 aliphatic heterocycles. The van der Waals surface area contributed by atoms with E-state index in [0.717, 1.165) is 19.3 Å². The first-order valence-corrected chi connectivity index (χ1v) is 4.87. The van der Waals surface area contributed by atoms with Gasteiger partial charge in [-0.3, -0.25) is 10.1 Å². The van der Waals surface area contributed by atoms with Gasteiger partial charge in [0.25, 0.3) is 0 Å². The van der Waals surface area contributed by atoms with Crippen LogP contribution >= 0.6 is 0 Å². The minimum Gasteiger partial charge on any atom is -0.264 e. The molecule has 12 heavy (non-hydrogen) atoms. The van der Waals surface area contributed by atoms with Crippen molar-refractivity contribution in [3.05, 3.63) is 10.1 Å². The Morgan fingerprint density at radius 1 is 1.58 bits per heavy atom. The van der Waals surface area contributed by atoms with Gasteiger partial charge >= 0.3 is 0 Å². The van der Waals surface area contributed by atoms with Crippen LogP contribution in [-0.4, -0.2) is 11.0 Å². The second kappa shape index (κ2) is 4.43. The quantitative estimate of drug-likeness (QED) is 0.471. The van der Waals surface area contributed by atoms with Crippen molar-refractivity contribution in [2.75, 3.05) is 0 Å². The zero-order chi connectivity index (χ0) is 8.97. The van der Waals surface area contributed by atoms with Crippen molar-refractivity contribution in [1.29, 1.82) is 0 Å². The lowest BCUT2D eigenvalue weighted by Gasteiger charge is -2.26. The summed E-state index contributed by atoms with van der Waals surface area (Å²) in [6, 6.07) is -0.264. The van der Waals surface area contributed by atoms with E-state index >= 15 is 0 Å². The Morgan fingerprint density at radius 3 is 2.58 bits per heavy atom. The molecule has 0 saturated heterocycles. The normalized spacial score (nSPS) is 20.1. The summed E-state index contributed by atoms with van der Waals surface area (Å²) in [5.41, 5.74) is 0. The van der Waals surface area contributed by atoms with Gasteiger partial charge in [0.15, 0.2) is 0 Å². The molecule has 1 rings (SSSR count). The Hall–Kier alpha value is -0.600. The summed E-state index contributed by atoms with van der Waals surface area (Å²) >= 11 is 0. The molecule has 0 spiro atoms. The van der Waals surface area contributed by atoms with Crippen LogP contribution in [0.2, 0.25) is 0 Å². The summed E-state index contributed by atoms with van der Waals surface area (Å²) < 4.78 is 0. The van der Waals surface area contributed by atoms with E-state index in [2.05, 4.69) is 0 Å². The zero-order valence-corrected chi connectivity index (χ0v) is 7.66. The van der Waals surface area contributed by atoms with Crippen molar-refractivity contribution < 1.29 is 4.92 Å². The van der Waals surface area contributed by atoms with E-state index in [9.17, 15) is 10.1 Å². The molecule has 3 heteroatoms. The molecular formula is C9H17NO2. The van der Waals surface area contributed by atoms with Gasteiger partial charge in [0.2, 0.25) is 6.04 Å². The predicted octanol–water partition coefficient (Wildman–Crippen LogP) is 2.62. The van der Waals surface area contributed by atoms with Gasteiger partial charge in [-0.2, -0.15) is 0 Å². The van der Waals surface area contributed by atoms with E-state index in [1.807, 2.05) is 6.92 Å². The average molecular weight is 171 g/mol. The zero-order valence-electron chi connectivity index (χ0n) is 7.66. The van der Waals surface area contributed by atoms with Crippen LogP contribution in [0.15, 0.2) is 0 Å². The van der Waals surface area contributed by atoms with Crippen molar-refractivity contribution in [2.24, 2.45) is 5.92 Å². The maximum Gasteiger partial charge on any atom is 0.213 e. The average Bonchev–Trinajstić information content (AvgIpc) is 1.93. The topological polar surface area (TPSA) is 43.1 Å². The summed E-state index contributed by atoms with van der Waals surface area (Å²) in [6.07, 6.45) is 6.21. The third-order valence-corrected chi connectivity index (χ3v) is 2.75. The minimum absolute atomic E-state index is 0.0954. The number of nitro groups is 1. The van der Waals surface area contributed by atoms with E-state index in [1.165, 1.54) is 19.3 Å². The Balaban J connectivity index is 2.26. The third kappa shape index (κ3) is 2.47. The summed E-state index contributed by atoms with van der Waals surface area (Å²) in [5, 5.41) is 10.6. The second-order valence-electron chi connectivity index (χ2n) is 3.76. The van der Waals surface area contributed by atoms with Gasteiger partial charge in [0.05, 0.1) is 0 Å². The smallest absolute Gasteiger partial charge is 0.213 e. The van der Waals surface area contributed by atoms with Crippen LogP contribution in [0, 0.1) is 16.0 Å². The Morgan fingerprint density at radius 2 is 2.25 bits per heavy atom. The summed E-state index contributed by atoms with van der Waals surface area (Å²) in [7, 11) is 0. The first-order valence-electron chi connectivity index (χ1n) is 4.87. The number of rotatable bonds is 5. The molecule has 3 nitrogen and oxygen atoms in total. The van der Waals surface area contributed by atoms with Gasteiger partial charge in [-0.25, -0.2) is 0 Å². The van der Waals surface area contributed by atoms with Crippen molar-refractivity contribution in [1.82, 2.24) is 0 Å². The van der Waals surface area contributed by atoms with Crippen molar-refractivity contribution in [3.63, 3.8) is 0 Å². The van der Waals surface area contributed by atoms with Gasteiger partial charge in [-0.15, -0.1) is 0 Å². The SMILES string of the molecule is CCCC(CC1CCC1)[N+](=O)[O-]. The molecule has 0 N–H and O–H groups in total. The molecule has 0 aromatic heterocycles. The molecule has 1 fully saturated rings. The Bertz CT molecular complexity index is 155. The van der Waals surface area contributed by atoms with Crippen molar-refractivity contribution in [3.8, 4) is 0 Å².